The first-order chi connectivity index (χ1) is 13.8. The lowest BCUT2D eigenvalue weighted by atomic mass is 9.95. The number of hydrogen-bond donors (Lipinski definition) is 0. The van der Waals surface area contributed by atoms with Crippen molar-refractivity contribution in [1.29, 1.82) is 0 Å². The molecular weight excluding hydrogens is 358 g/mol. The molecule has 1 aliphatic rings. The molecule has 28 heavy (non-hydrogen) atoms. The molecule has 0 unspecified atom stereocenters. The second-order valence-electron chi connectivity index (χ2n) is 6.64. The van der Waals surface area contributed by atoms with Crippen molar-refractivity contribution in [3.8, 4) is 17.2 Å². The zero-order valence-electron chi connectivity index (χ0n) is 16.3. The second-order valence-corrected chi connectivity index (χ2v) is 6.64. The van der Waals surface area contributed by atoms with Crippen LogP contribution in [0.2, 0.25) is 0 Å². The summed E-state index contributed by atoms with van der Waals surface area (Å²) in [6, 6.07) is 3.78. The van der Waals surface area contributed by atoms with E-state index in [1.807, 2.05) is 12.1 Å². The summed E-state index contributed by atoms with van der Waals surface area (Å²) in [5.41, 5.74) is 0. The molecule has 146 valence electrons. The minimum atomic E-state index is 0.365. The Morgan fingerprint density at radius 1 is 0.929 bits per heavy atom. The molecule has 3 aromatic rings. The SMILES string of the molecule is COc1cc2c(N3CCC(c4ncccn4)CC3)nncc2c(OC)c1OC. The first-order valence-corrected chi connectivity index (χ1v) is 9.23. The van der Waals surface area contributed by atoms with E-state index in [9.17, 15) is 0 Å². The highest BCUT2D eigenvalue weighted by Crippen LogP contribution is 2.45. The van der Waals surface area contributed by atoms with E-state index in [2.05, 4.69) is 25.1 Å². The highest BCUT2D eigenvalue weighted by atomic mass is 16.5. The van der Waals surface area contributed by atoms with Gasteiger partial charge in [-0.15, -0.1) is 5.10 Å². The predicted molar refractivity (Wildman–Crippen MR) is 105 cm³/mol. The Morgan fingerprint density at radius 2 is 1.64 bits per heavy atom. The maximum atomic E-state index is 5.60. The smallest absolute Gasteiger partial charge is 0.204 e. The molecule has 8 heteroatoms. The topological polar surface area (TPSA) is 82.5 Å². The van der Waals surface area contributed by atoms with Crippen molar-refractivity contribution in [1.82, 2.24) is 20.2 Å². The van der Waals surface area contributed by atoms with Crippen LogP contribution in [-0.4, -0.2) is 54.6 Å². The van der Waals surface area contributed by atoms with E-state index >= 15 is 0 Å². The van der Waals surface area contributed by atoms with E-state index in [0.717, 1.165) is 48.3 Å². The fraction of sp³-hybridized carbons (Fsp3) is 0.400. The molecule has 1 aromatic carbocycles. The average Bonchev–Trinajstić information content (AvgIpc) is 2.77. The summed E-state index contributed by atoms with van der Waals surface area (Å²) in [5, 5.41) is 10.4. The van der Waals surface area contributed by atoms with Gasteiger partial charge in [0.15, 0.2) is 17.3 Å². The van der Waals surface area contributed by atoms with Crippen LogP contribution in [0.25, 0.3) is 10.8 Å². The van der Waals surface area contributed by atoms with E-state index < -0.39 is 0 Å². The summed E-state index contributed by atoms with van der Waals surface area (Å²) >= 11 is 0. The summed E-state index contributed by atoms with van der Waals surface area (Å²) in [4.78, 5) is 11.1. The van der Waals surface area contributed by atoms with Gasteiger partial charge in [-0.25, -0.2) is 9.97 Å². The Bertz CT molecular complexity index is 959. The van der Waals surface area contributed by atoms with Crippen molar-refractivity contribution in [2.24, 2.45) is 0 Å². The van der Waals surface area contributed by atoms with Crippen molar-refractivity contribution in [3.63, 3.8) is 0 Å². The maximum Gasteiger partial charge on any atom is 0.204 e. The van der Waals surface area contributed by atoms with E-state index in [-0.39, 0.29) is 0 Å². The van der Waals surface area contributed by atoms with Crippen molar-refractivity contribution < 1.29 is 14.2 Å². The fourth-order valence-corrected chi connectivity index (χ4v) is 3.79. The highest BCUT2D eigenvalue weighted by molar-refractivity contribution is 5.99. The zero-order valence-corrected chi connectivity index (χ0v) is 16.3. The van der Waals surface area contributed by atoms with Crippen molar-refractivity contribution in [2.75, 3.05) is 39.3 Å². The number of methoxy groups -OCH3 is 3. The van der Waals surface area contributed by atoms with Gasteiger partial charge in [0.2, 0.25) is 5.75 Å². The normalized spacial score (nSPS) is 14.9. The van der Waals surface area contributed by atoms with E-state index in [0.29, 0.717) is 23.2 Å². The lowest BCUT2D eigenvalue weighted by molar-refractivity contribution is 0.327. The van der Waals surface area contributed by atoms with Crippen LogP contribution in [-0.2, 0) is 0 Å². The van der Waals surface area contributed by atoms with Crippen LogP contribution in [0.5, 0.6) is 17.2 Å². The molecule has 2 aromatic heterocycles. The first-order valence-electron chi connectivity index (χ1n) is 9.23. The van der Waals surface area contributed by atoms with E-state index in [1.54, 1.807) is 39.9 Å². The standard InChI is InChI=1S/C20H23N5O3/c1-26-16-11-14-15(17(27-2)18(16)28-3)12-23-24-20(14)25-9-5-13(6-10-25)19-21-7-4-8-22-19/h4,7-8,11-13H,5-6,9-10H2,1-3H3. The van der Waals surface area contributed by atoms with Gasteiger partial charge in [0, 0.05) is 36.8 Å². The third-order valence-electron chi connectivity index (χ3n) is 5.19. The summed E-state index contributed by atoms with van der Waals surface area (Å²) in [6.07, 6.45) is 7.23. The molecule has 0 amide bonds. The van der Waals surface area contributed by atoms with E-state index in [4.69, 9.17) is 14.2 Å². The lowest BCUT2D eigenvalue weighted by Gasteiger charge is -2.32. The summed E-state index contributed by atoms with van der Waals surface area (Å²) in [5.74, 6) is 3.86. The van der Waals surface area contributed by atoms with Gasteiger partial charge in [-0.2, -0.15) is 5.10 Å². The molecule has 4 rings (SSSR count). The quantitative estimate of drug-likeness (QED) is 0.667. The van der Waals surface area contributed by atoms with Gasteiger partial charge in [0.1, 0.15) is 5.82 Å². The minimum absolute atomic E-state index is 0.365. The van der Waals surface area contributed by atoms with Crippen LogP contribution in [0.1, 0.15) is 24.6 Å². The molecule has 1 fully saturated rings. The maximum absolute atomic E-state index is 5.60. The minimum Gasteiger partial charge on any atom is -0.493 e. The first kappa shape index (κ1) is 18.2. The molecule has 0 aliphatic carbocycles. The molecule has 8 nitrogen and oxygen atoms in total. The van der Waals surface area contributed by atoms with Gasteiger partial charge < -0.3 is 19.1 Å². The summed E-state index contributed by atoms with van der Waals surface area (Å²) in [6.45, 7) is 1.71. The highest BCUT2D eigenvalue weighted by Gasteiger charge is 2.26. The Kier molecular flexibility index (Phi) is 5.10. The van der Waals surface area contributed by atoms with Crippen LogP contribution in [0.15, 0.2) is 30.7 Å². The Balaban J connectivity index is 1.68. The number of nitrogens with zero attached hydrogens (tertiary/aromatic N) is 5. The summed E-state index contributed by atoms with van der Waals surface area (Å²) < 4.78 is 16.6. The lowest BCUT2D eigenvalue weighted by Crippen LogP contribution is -2.34. The molecular formula is C20H23N5O3. The average molecular weight is 381 g/mol. The largest absolute Gasteiger partial charge is 0.493 e. The fourth-order valence-electron chi connectivity index (χ4n) is 3.79. The van der Waals surface area contributed by atoms with Gasteiger partial charge in [0.25, 0.3) is 0 Å². The van der Waals surface area contributed by atoms with Crippen LogP contribution < -0.4 is 19.1 Å². The van der Waals surface area contributed by atoms with Crippen LogP contribution >= 0.6 is 0 Å². The van der Waals surface area contributed by atoms with Gasteiger partial charge >= 0.3 is 0 Å². The number of fused-ring (bicyclic) bond motifs is 1. The predicted octanol–water partition coefficient (Wildman–Crippen LogP) is 2.83. The van der Waals surface area contributed by atoms with Gasteiger partial charge in [-0.05, 0) is 25.0 Å². The Morgan fingerprint density at radius 3 is 2.29 bits per heavy atom. The van der Waals surface area contributed by atoms with Gasteiger partial charge in [-0.3, -0.25) is 0 Å². The van der Waals surface area contributed by atoms with Crippen molar-refractivity contribution in [3.05, 3.63) is 36.5 Å². The molecule has 0 radical (unpaired) electrons. The monoisotopic (exact) mass is 381 g/mol. The second kappa shape index (κ2) is 7.84. The molecule has 0 spiro atoms. The van der Waals surface area contributed by atoms with Crippen LogP contribution in [0.3, 0.4) is 0 Å². The number of rotatable bonds is 5. The number of hydrogen-bond acceptors (Lipinski definition) is 8. The Hall–Kier alpha value is -3.16. The molecule has 3 heterocycles. The van der Waals surface area contributed by atoms with Crippen LogP contribution in [0.4, 0.5) is 5.82 Å². The molecule has 0 saturated carbocycles. The molecule has 1 saturated heterocycles. The zero-order chi connectivity index (χ0) is 19.5. The van der Waals surface area contributed by atoms with Crippen molar-refractivity contribution in [2.45, 2.75) is 18.8 Å². The van der Waals surface area contributed by atoms with Gasteiger partial charge in [0.05, 0.1) is 32.9 Å². The third kappa shape index (κ3) is 3.15. The summed E-state index contributed by atoms with van der Waals surface area (Å²) in [7, 11) is 4.82. The van der Waals surface area contributed by atoms with Gasteiger partial charge in [-0.1, -0.05) is 0 Å². The third-order valence-corrected chi connectivity index (χ3v) is 5.19. The molecule has 1 aliphatic heterocycles. The molecule has 0 N–H and O–H groups in total. The number of anilines is 1. The Labute approximate surface area is 163 Å². The molecule has 0 atom stereocenters. The number of piperidine rings is 1. The number of ether oxygens (including phenoxy) is 3. The number of aromatic nitrogens is 4. The van der Waals surface area contributed by atoms with Crippen molar-refractivity contribution >= 4 is 16.6 Å². The van der Waals surface area contributed by atoms with Crippen LogP contribution in [0, 0.1) is 0 Å². The van der Waals surface area contributed by atoms with E-state index in [1.165, 1.54) is 0 Å². The number of benzene rings is 1. The molecule has 0 bridgehead atoms.